The lowest BCUT2D eigenvalue weighted by Crippen LogP contribution is -2.48. The largest absolute Gasteiger partial charge is 0.368 e. The van der Waals surface area contributed by atoms with Crippen molar-refractivity contribution in [3.05, 3.63) is 84.1 Å². The lowest BCUT2D eigenvalue weighted by atomic mass is 10.1. The minimum atomic E-state index is 0.0512. The van der Waals surface area contributed by atoms with Crippen LogP contribution in [0.15, 0.2) is 72.9 Å². The molecule has 1 aliphatic heterocycles. The summed E-state index contributed by atoms with van der Waals surface area (Å²) in [5.74, 6) is 0.868. The van der Waals surface area contributed by atoms with Crippen LogP contribution in [0, 0.1) is 6.92 Å². The number of rotatable bonds is 4. The fourth-order valence-electron chi connectivity index (χ4n) is 3.67. The maximum Gasteiger partial charge on any atom is 0.255 e. The fourth-order valence-corrected chi connectivity index (χ4v) is 3.67. The standard InChI is InChI=1S/C24H26N4O/c1-19-7-6-10-22(17-19)27-13-15-28(16-14-27)24(29)20-11-12-23(25-18-20)26(2)21-8-4-3-5-9-21/h3-12,17-18H,13-16H2,1-2H3. The molecule has 0 spiro atoms. The van der Waals surface area contributed by atoms with Crippen molar-refractivity contribution in [2.24, 2.45) is 0 Å². The summed E-state index contributed by atoms with van der Waals surface area (Å²) in [6, 6.07) is 22.4. The topological polar surface area (TPSA) is 39.7 Å². The minimum Gasteiger partial charge on any atom is -0.368 e. The van der Waals surface area contributed by atoms with Gasteiger partial charge in [0.05, 0.1) is 5.56 Å². The van der Waals surface area contributed by atoms with Gasteiger partial charge >= 0.3 is 0 Å². The molecular weight excluding hydrogens is 360 g/mol. The average molecular weight is 386 g/mol. The molecule has 1 fully saturated rings. The van der Waals surface area contributed by atoms with Crippen molar-refractivity contribution in [2.75, 3.05) is 43.0 Å². The Hall–Kier alpha value is -3.34. The molecule has 0 aliphatic carbocycles. The molecule has 148 valence electrons. The van der Waals surface area contributed by atoms with Crippen LogP contribution in [0.2, 0.25) is 0 Å². The highest BCUT2D eigenvalue weighted by molar-refractivity contribution is 5.94. The first-order valence-electron chi connectivity index (χ1n) is 9.97. The number of pyridine rings is 1. The van der Waals surface area contributed by atoms with Gasteiger partial charge in [-0.05, 0) is 48.9 Å². The Morgan fingerprint density at radius 1 is 0.931 bits per heavy atom. The van der Waals surface area contributed by atoms with Crippen LogP contribution in [0.4, 0.5) is 17.2 Å². The summed E-state index contributed by atoms with van der Waals surface area (Å²) in [7, 11) is 1.98. The summed E-state index contributed by atoms with van der Waals surface area (Å²) in [5.41, 5.74) is 4.19. The predicted octanol–water partition coefficient (Wildman–Crippen LogP) is 4.12. The van der Waals surface area contributed by atoms with Gasteiger partial charge in [0.15, 0.2) is 0 Å². The van der Waals surface area contributed by atoms with Gasteiger partial charge in [-0.2, -0.15) is 0 Å². The zero-order chi connectivity index (χ0) is 20.2. The number of anilines is 3. The van der Waals surface area contributed by atoms with E-state index in [-0.39, 0.29) is 5.91 Å². The number of carbonyl (C=O) groups is 1. The van der Waals surface area contributed by atoms with E-state index in [2.05, 4.69) is 41.1 Å². The zero-order valence-electron chi connectivity index (χ0n) is 17.0. The number of hydrogen-bond donors (Lipinski definition) is 0. The van der Waals surface area contributed by atoms with Gasteiger partial charge in [-0.25, -0.2) is 4.98 Å². The number of aromatic nitrogens is 1. The predicted molar refractivity (Wildman–Crippen MR) is 118 cm³/mol. The molecule has 0 radical (unpaired) electrons. The lowest BCUT2D eigenvalue weighted by molar-refractivity contribution is 0.0746. The van der Waals surface area contributed by atoms with Crippen LogP contribution in [-0.2, 0) is 0 Å². The molecule has 2 heterocycles. The molecule has 5 nitrogen and oxygen atoms in total. The molecule has 0 atom stereocenters. The maximum atomic E-state index is 12.9. The summed E-state index contributed by atoms with van der Waals surface area (Å²) in [5, 5.41) is 0. The van der Waals surface area contributed by atoms with Crippen molar-refractivity contribution < 1.29 is 4.79 Å². The molecule has 0 saturated carbocycles. The monoisotopic (exact) mass is 386 g/mol. The highest BCUT2D eigenvalue weighted by Gasteiger charge is 2.22. The molecular formula is C24H26N4O. The number of hydrogen-bond acceptors (Lipinski definition) is 4. The number of carbonyl (C=O) groups excluding carboxylic acids is 1. The van der Waals surface area contributed by atoms with Crippen LogP contribution >= 0.6 is 0 Å². The Morgan fingerprint density at radius 3 is 2.34 bits per heavy atom. The first-order chi connectivity index (χ1) is 14.1. The smallest absolute Gasteiger partial charge is 0.255 e. The number of benzene rings is 2. The van der Waals surface area contributed by atoms with E-state index in [0.717, 1.165) is 37.7 Å². The van der Waals surface area contributed by atoms with Crippen LogP contribution in [0.1, 0.15) is 15.9 Å². The van der Waals surface area contributed by atoms with Gasteiger partial charge in [0, 0.05) is 50.8 Å². The Kier molecular flexibility index (Phi) is 5.47. The van der Waals surface area contributed by atoms with Crippen molar-refractivity contribution in [1.82, 2.24) is 9.88 Å². The number of para-hydroxylation sites is 1. The van der Waals surface area contributed by atoms with E-state index in [1.54, 1.807) is 6.20 Å². The Bertz CT molecular complexity index is 964. The Morgan fingerprint density at radius 2 is 1.69 bits per heavy atom. The maximum absolute atomic E-state index is 12.9. The molecule has 5 heteroatoms. The van der Waals surface area contributed by atoms with Crippen LogP contribution in [0.3, 0.4) is 0 Å². The summed E-state index contributed by atoms with van der Waals surface area (Å²) >= 11 is 0. The van der Waals surface area contributed by atoms with E-state index in [0.29, 0.717) is 5.56 Å². The van der Waals surface area contributed by atoms with Crippen LogP contribution in [0.25, 0.3) is 0 Å². The third kappa shape index (κ3) is 4.24. The normalized spacial score (nSPS) is 14.0. The van der Waals surface area contributed by atoms with Crippen molar-refractivity contribution in [3.8, 4) is 0 Å². The van der Waals surface area contributed by atoms with E-state index < -0.39 is 0 Å². The van der Waals surface area contributed by atoms with Crippen molar-refractivity contribution in [3.63, 3.8) is 0 Å². The van der Waals surface area contributed by atoms with Gasteiger partial charge < -0.3 is 14.7 Å². The Labute approximate surface area is 172 Å². The van der Waals surface area contributed by atoms with Crippen molar-refractivity contribution in [1.29, 1.82) is 0 Å². The quantitative estimate of drug-likeness (QED) is 0.676. The van der Waals surface area contributed by atoms with Gasteiger partial charge in [0.25, 0.3) is 5.91 Å². The van der Waals surface area contributed by atoms with E-state index in [1.165, 1.54) is 11.3 Å². The molecule has 1 aliphatic rings. The third-order valence-electron chi connectivity index (χ3n) is 5.42. The Balaban J connectivity index is 1.39. The molecule has 3 aromatic rings. The van der Waals surface area contributed by atoms with Gasteiger partial charge in [-0.3, -0.25) is 4.79 Å². The van der Waals surface area contributed by atoms with Gasteiger partial charge in [0.1, 0.15) is 5.82 Å². The molecule has 1 saturated heterocycles. The third-order valence-corrected chi connectivity index (χ3v) is 5.42. The second kappa shape index (κ2) is 8.35. The van der Waals surface area contributed by atoms with Crippen LogP contribution in [0.5, 0.6) is 0 Å². The lowest BCUT2D eigenvalue weighted by Gasteiger charge is -2.36. The molecule has 1 aromatic heterocycles. The summed E-state index contributed by atoms with van der Waals surface area (Å²) in [6.07, 6.45) is 1.68. The fraction of sp³-hybridized carbons (Fsp3) is 0.250. The summed E-state index contributed by atoms with van der Waals surface area (Å²) in [6.45, 7) is 5.24. The van der Waals surface area contributed by atoms with Crippen molar-refractivity contribution in [2.45, 2.75) is 6.92 Å². The second-order valence-corrected chi connectivity index (χ2v) is 7.42. The number of nitrogens with zero attached hydrogens (tertiary/aromatic N) is 4. The first kappa shape index (κ1) is 19.0. The summed E-state index contributed by atoms with van der Waals surface area (Å²) in [4.78, 5) is 23.7. The zero-order valence-corrected chi connectivity index (χ0v) is 17.0. The molecule has 0 N–H and O–H groups in total. The second-order valence-electron chi connectivity index (χ2n) is 7.42. The van der Waals surface area contributed by atoms with E-state index in [9.17, 15) is 4.79 Å². The van der Waals surface area contributed by atoms with Gasteiger partial charge in [0.2, 0.25) is 0 Å². The molecule has 2 aromatic carbocycles. The molecule has 1 amide bonds. The first-order valence-corrected chi connectivity index (χ1v) is 9.97. The number of aryl methyl sites for hydroxylation is 1. The number of amides is 1. The van der Waals surface area contributed by atoms with Crippen LogP contribution < -0.4 is 9.80 Å². The molecule has 29 heavy (non-hydrogen) atoms. The molecule has 4 rings (SSSR count). The van der Waals surface area contributed by atoms with E-state index >= 15 is 0 Å². The van der Waals surface area contributed by atoms with Gasteiger partial charge in [-0.15, -0.1) is 0 Å². The minimum absolute atomic E-state index is 0.0512. The SMILES string of the molecule is Cc1cccc(N2CCN(C(=O)c3ccc(N(C)c4ccccc4)nc3)CC2)c1. The highest BCUT2D eigenvalue weighted by Crippen LogP contribution is 2.22. The molecule has 0 unspecified atom stereocenters. The summed E-state index contributed by atoms with van der Waals surface area (Å²) < 4.78 is 0. The van der Waals surface area contributed by atoms with Crippen LogP contribution in [-0.4, -0.2) is 49.0 Å². The number of piperazine rings is 1. The van der Waals surface area contributed by atoms with E-state index in [1.807, 2.05) is 59.3 Å². The average Bonchev–Trinajstić information content (AvgIpc) is 2.79. The highest BCUT2D eigenvalue weighted by atomic mass is 16.2. The van der Waals surface area contributed by atoms with E-state index in [4.69, 9.17) is 0 Å². The van der Waals surface area contributed by atoms with Gasteiger partial charge in [-0.1, -0.05) is 30.3 Å². The van der Waals surface area contributed by atoms with Crippen molar-refractivity contribution >= 4 is 23.1 Å². The molecule has 0 bridgehead atoms.